The van der Waals surface area contributed by atoms with E-state index in [0.717, 1.165) is 6.42 Å². The van der Waals surface area contributed by atoms with Crippen LogP contribution < -0.4 is 16.4 Å². The number of hydrogen-bond acceptors (Lipinski definition) is 5. The highest BCUT2D eigenvalue weighted by Crippen LogP contribution is 2.22. The van der Waals surface area contributed by atoms with Crippen LogP contribution in [0.4, 0.5) is 5.82 Å². The van der Waals surface area contributed by atoms with Gasteiger partial charge in [-0.25, -0.2) is 4.98 Å². The molecule has 0 aliphatic heterocycles. The summed E-state index contributed by atoms with van der Waals surface area (Å²) in [6.07, 6.45) is 8.81. The molecule has 1 saturated carbocycles. The number of hydrogen-bond donors (Lipinski definition) is 4. The van der Waals surface area contributed by atoms with Crippen LogP contribution in [-0.2, 0) is 0 Å². The summed E-state index contributed by atoms with van der Waals surface area (Å²) in [6, 6.07) is 2.41. The Balaban J connectivity index is 2.07. The molecule has 0 radical (unpaired) electrons. The largest absolute Gasteiger partial charge is 0.396 e. The van der Waals surface area contributed by atoms with Gasteiger partial charge < -0.3 is 21.5 Å². The van der Waals surface area contributed by atoms with Crippen LogP contribution in [0.25, 0.3) is 0 Å². The number of anilines is 1. The SMILES string of the molecule is CCC(NC1CCCCC1)C(CO)CNc1ncc(Br)cc1C(=O)N=C(C)N. The van der Waals surface area contributed by atoms with Crippen LogP contribution in [0.1, 0.15) is 62.7 Å². The molecule has 0 spiro atoms. The van der Waals surface area contributed by atoms with Crippen molar-refractivity contribution in [3.05, 3.63) is 22.3 Å². The summed E-state index contributed by atoms with van der Waals surface area (Å²) in [5.41, 5.74) is 5.90. The lowest BCUT2D eigenvalue weighted by Crippen LogP contribution is -2.46. The van der Waals surface area contributed by atoms with Crippen LogP contribution in [0.3, 0.4) is 0 Å². The minimum Gasteiger partial charge on any atom is -0.396 e. The molecule has 2 rings (SSSR count). The third kappa shape index (κ3) is 6.83. The number of nitrogens with zero attached hydrogens (tertiary/aromatic N) is 2. The van der Waals surface area contributed by atoms with Gasteiger partial charge in [0.05, 0.1) is 5.56 Å². The fourth-order valence-electron chi connectivity index (χ4n) is 3.68. The number of nitrogens with two attached hydrogens (primary N) is 1. The first-order valence-electron chi connectivity index (χ1n) is 10.1. The highest BCUT2D eigenvalue weighted by molar-refractivity contribution is 9.10. The average molecular weight is 454 g/mol. The van der Waals surface area contributed by atoms with Crippen molar-refractivity contribution < 1.29 is 9.90 Å². The molecule has 28 heavy (non-hydrogen) atoms. The highest BCUT2D eigenvalue weighted by Gasteiger charge is 2.24. The van der Waals surface area contributed by atoms with Crippen molar-refractivity contribution in [2.24, 2.45) is 16.6 Å². The molecular formula is C20H32BrN5O2. The van der Waals surface area contributed by atoms with Crippen LogP contribution >= 0.6 is 15.9 Å². The Hall–Kier alpha value is -1.51. The predicted molar refractivity (Wildman–Crippen MR) is 117 cm³/mol. The molecule has 1 heterocycles. The van der Waals surface area contributed by atoms with Crippen molar-refractivity contribution in [3.8, 4) is 0 Å². The van der Waals surface area contributed by atoms with Gasteiger partial charge in [-0.05, 0) is 48.2 Å². The molecule has 1 aliphatic carbocycles. The molecule has 0 bridgehead atoms. The minimum atomic E-state index is -0.441. The molecule has 5 N–H and O–H groups in total. The van der Waals surface area contributed by atoms with Crippen LogP contribution in [0.15, 0.2) is 21.7 Å². The zero-order chi connectivity index (χ0) is 20.5. The van der Waals surface area contributed by atoms with Gasteiger partial charge >= 0.3 is 0 Å². The van der Waals surface area contributed by atoms with Crippen molar-refractivity contribution >= 4 is 33.5 Å². The van der Waals surface area contributed by atoms with E-state index in [4.69, 9.17) is 5.73 Å². The van der Waals surface area contributed by atoms with E-state index in [1.807, 2.05) is 0 Å². The number of rotatable bonds is 9. The van der Waals surface area contributed by atoms with Gasteiger partial charge in [-0.15, -0.1) is 0 Å². The Morgan fingerprint density at radius 3 is 2.75 bits per heavy atom. The monoisotopic (exact) mass is 453 g/mol. The maximum absolute atomic E-state index is 12.4. The minimum absolute atomic E-state index is 0.0140. The van der Waals surface area contributed by atoms with Gasteiger partial charge in [0.15, 0.2) is 0 Å². The number of carbonyl (C=O) groups is 1. The van der Waals surface area contributed by atoms with Crippen LogP contribution in [0, 0.1) is 5.92 Å². The first-order chi connectivity index (χ1) is 13.4. The Kier molecular flexibility index (Phi) is 9.34. The summed E-state index contributed by atoms with van der Waals surface area (Å²) < 4.78 is 0.690. The molecule has 1 aromatic heterocycles. The van der Waals surface area contributed by atoms with Gasteiger partial charge in [0.1, 0.15) is 11.7 Å². The first-order valence-corrected chi connectivity index (χ1v) is 10.8. The zero-order valence-corrected chi connectivity index (χ0v) is 18.3. The Morgan fingerprint density at radius 2 is 2.14 bits per heavy atom. The van der Waals surface area contributed by atoms with Gasteiger partial charge in [-0.1, -0.05) is 26.2 Å². The zero-order valence-electron chi connectivity index (χ0n) is 16.7. The second-order valence-electron chi connectivity index (χ2n) is 7.45. The van der Waals surface area contributed by atoms with Crippen molar-refractivity contribution in [1.82, 2.24) is 10.3 Å². The van der Waals surface area contributed by atoms with E-state index < -0.39 is 5.91 Å². The maximum atomic E-state index is 12.4. The number of aliphatic imine (C=N–C) groups is 1. The van der Waals surface area contributed by atoms with E-state index >= 15 is 0 Å². The second kappa shape index (κ2) is 11.5. The lowest BCUT2D eigenvalue weighted by Gasteiger charge is -2.32. The van der Waals surface area contributed by atoms with E-state index in [9.17, 15) is 9.90 Å². The van der Waals surface area contributed by atoms with E-state index in [1.165, 1.54) is 32.1 Å². The average Bonchev–Trinajstić information content (AvgIpc) is 2.68. The van der Waals surface area contributed by atoms with Gasteiger partial charge in [-0.3, -0.25) is 4.79 Å². The Bertz CT molecular complexity index is 673. The number of aromatic nitrogens is 1. The predicted octanol–water partition coefficient (Wildman–Crippen LogP) is 3.08. The van der Waals surface area contributed by atoms with Crippen molar-refractivity contribution in [2.45, 2.75) is 64.5 Å². The molecule has 1 aliphatic rings. The summed E-state index contributed by atoms with van der Waals surface area (Å²) in [4.78, 5) is 20.5. The number of amidine groups is 1. The molecule has 1 aromatic rings. The van der Waals surface area contributed by atoms with Crippen LogP contribution in [-0.4, -0.2) is 47.1 Å². The lowest BCUT2D eigenvalue weighted by molar-refractivity contribution is 0.100. The number of aliphatic hydroxyl groups excluding tert-OH is 1. The van der Waals surface area contributed by atoms with E-state index in [0.29, 0.717) is 28.4 Å². The number of pyridine rings is 1. The summed E-state index contributed by atoms with van der Waals surface area (Å²) in [7, 11) is 0. The summed E-state index contributed by atoms with van der Waals surface area (Å²) >= 11 is 3.34. The summed E-state index contributed by atoms with van der Waals surface area (Å²) in [5.74, 6) is 0.223. The number of nitrogens with one attached hydrogen (secondary N) is 2. The van der Waals surface area contributed by atoms with E-state index in [1.54, 1.807) is 19.2 Å². The summed E-state index contributed by atoms with van der Waals surface area (Å²) in [6.45, 7) is 4.27. The van der Waals surface area contributed by atoms with Crippen molar-refractivity contribution in [1.29, 1.82) is 0 Å². The van der Waals surface area contributed by atoms with Gasteiger partial charge in [0.25, 0.3) is 5.91 Å². The van der Waals surface area contributed by atoms with Crippen molar-refractivity contribution in [3.63, 3.8) is 0 Å². The molecule has 1 fully saturated rings. The highest BCUT2D eigenvalue weighted by atomic mass is 79.9. The lowest BCUT2D eigenvalue weighted by atomic mass is 9.91. The number of aliphatic hydroxyl groups is 1. The van der Waals surface area contributed by atoms with Crippen LogP contribution in [0.5, 0.6) is 0 Å². The normalized spacial score (nSPS) is 17.9. The van der Waals surface area contributed by atoms with Crippen LogP contribution in [0.2, 0.25) is 0 Å². The first kappa shape index (κ1) is 22.8. The molecule has 0 aromatic carbocycles. The topological polar surface area (TPSA) is 113 Å². The van der Waals surface area contributed by atoms with Crippen molar-refractivity contribution in [2.75, 3.05) is 18.5 Å². The third-order valence-corrected chi connectivity index (χ3v) is 5.63. The van der Waals surface area contributed by atoms with Gasteiger partial charge in [-0.2, -0.15) is 4.99 Å². The smallest absolute Gasteiger partial charge is 0.282 e. The van der Waals surface area contributed by atoms with Gasteiger partial charge in [0.2, 0.25) is 0 Å². The Morgan fingerprint density at radius 1 is 1.43 bits per heavy atom. The molecule has 2 unspecified atom stereocenters. The number of amides is 1. The molecule has 8 heteroatoms. The summed E-state index contributed by atoms with van der Waals surface area (Å²) in [5, 5.41) is 16.9. The number of carbonyl (C=O) groups excluding carboxylic acids is 1. The number of halogens is 1. The van der Waals surface area contributed by atoms with E-state index in [-0.39, 0.29) is 24.4 Å². The second-order valence-corrected chi connectivity index (χ2v) is 8.36. The molecule has 2 atom stereocenters. The molecule has 1 amide bonds. The standard InChI is InChI=1S/C20H32BrN5O2/c1-3-18(26-16-7-5-4-6-8-16)14(12-27)10-23-19-17(9-15(21)11-24-19)20(28)25-13(2)22/h9,11,14,16,18,26-27H,3-8,10,12H2,1-2H3,(H,23,24)(H2,22,25,28). The Labute approximate surface area is 175 Å². The molecule has 0 saturated heterocycles. The fraction of sp³-hybridized carbons (Fsp3) is 0.650. The quantitative estimate of drug-likeness (QED) is 0.337. The molecule has 7 nitrogen and oxygen atoms in total. The van der Waals surface area contributed by atoms with Gasteiger partial charge in [0, 0.05) is 41.8 Å². The third-order valence-electron chi connectivity index (χ3n) is 5.19. The molecular weight excluding hydrogens is 422 g/mol. The maximum Gasteiger partial charge on any atom is 0.282 e. The fourth-order valence-corrected chi connectivity index (χ4v) is 4.02. The molecule has 156 valence electrons. The van der Waals surface area contributed by atoms with E-state index in [2.05, 4.69) is 43.5 Å².